The lowest BCUT2D eigenvalue weighted by atomic mass is 10.1. The van der Waals surface area contributed by atoms with Crippen molar-refractivity contribution in [1.29, 1.82) is 0 Å². The van der Waals surface area contributed by atoms with E-state index in [0.717, 1.165) is 25.9 Å². The molecule has 0 amide bonds. The number of benzene rings is 1. The average molecular weight is 385 g/mol. The molecule has 4 rings (SSSR count). The maximum Gasteiger partial charge on any atom is 0.197 e. The van der Waals surface area contributed by atoms with Crippen LogP contribution in [0.2, 0.25) is 0 Å². The number of rotatable bonds is 8. The van der Waals surface area contributed by atoms with Crippen LogP contribution in [0.5, 0.6) is 0 Å². The minimum Gasteiger partial charge on any atom is -0.464 e. The zero-order chi connectivity index (χ0) is 19.9. The Hall–Kier alpha value is -3.31. The number of hydrogen-bond acceptors (Lipinski definition) is 5. The van der Waals surface area contributed by atoms with Crippen molar-refractivity contribution in [2.45, 2.75) is 25.9 Å². The Morgan fingerprint density at radius 1 is 0.862 bits per heavy atom. The molecule has 5 heteroatoms. The molecule has 0 saturated carbocycles. The smallest absolute Gasteiger partial charge is 0.197 e. The summed E-state index contributed by atoms with van der Waals surface area (Å²) in [6.45, 7) is 2.16. The van der Waals surface area contributed by atoms with E-state index in [2.05, 4.69) is 20.9 Å². The molecule has 0 aliphatic heterocycles. The number of nitrogens with zero attached hydrogens (tertiary/aromatic N) is 3. The third-order valence-corrected chi connectivity index (χ3v) is 4.96. The molecule has 3 aromatic heterocycles. The predicted molar refractivity (Wildman–Crippen MR) is 113 cm³/mol. The Morgan fingerprint density at radius 2 is 1.72 bits per heavy atom. The summed E-state index contributed by atoms with van der Waals surface area (Å²) in [4.78, 5) is 23.5. The maximum atomic E-state index is 12.9. The van der Waals surface area contributed by atoms with Crippen LogP contribution in [-0.2, 0) is 19.5 Å². The van der Waals surface area contributed by atoms with Crippen molar-refractivity contribution in [3.05, 3.63) is 106 Å². The molecule has 1 aromatic carbocycles. The topological polar surface area (TPSA) is 59.2 Å². The van der Waals surface area contributed by atoms with E-state index in [1.54, 1.807) is 24.9 Å². The average Bonchev–Trinajstić information content (AvgIpc) is 2.77. The molecule has 0 fully saturated rings. The van der Waals surface area contributed by atoms with Gasteiger partial charge in [0.1, 0.15) is 5.58 Å². The Morgan fingerprint density at radius 3 is 2.55 bits per heavy atom. The van der Waals surface area contributed by atoms with Crippen LogP contribution in [0.3, 0.4) is 0 Å². The van der Waals surface area contributed by atoms with Gasteiger partial charge in [-0.05, 0) is 60.8 Å². The Balaban J connectivity index is 1.51. The summed E-state index contributed by atoms with van der Waals surface area (Å²) >= 11 is 0. The third kappa shape index (κ3) is 4.95. The van der Waals surface area contributed by atoms with Gasteiger partial charge < -0.3 is 4.42 Å². The van der Waals surface area contributed by atoms with Gasteiger partial charge in [0.15, 0.2) is 5.43 Å². The first-order chi connectivity index (χ1) is 14.3. The summed E-state index contributed by atoms with van der Waals surface area (Å²) in [6.07, 6.45) is 10.8. The first-order valence-electron chi connectivity index (χ1n) is 9.79. The fourth-order valence-corrected chi connectivity index (χ4v) is 3.48. The lowest BCUT2D eigenvalue weighted by Gasteiger charge is -2.22. The number of fused-ring (bicyclic) bond motifs is 1. The fraction of sp³-hybridized carbons (Fsp3) is 0.208. The second-order valence-corrected chi connectivity index (χ2v) is 7.12. The monoisotopic (exact) mass is 385 g/mol. The molecule has 0 aliphatic carbocycles. The van der Waals surface area contributed by atoms with Crippen molar-refractivity contribution < 1.29 is 4.42 Å². The van der Waals surface area contributed by atoms with Crippen molar-refractivity contribution in [2.24, 2.45) is 0 Å². The van der Waals surface area contributed by atoms with Gasteiger partial charge in [0.2, 0.25) is 0 Å². The molecule has 0 radical (unpaired) electrons. The van der Waals surface area contributed by atoms with Gasteiger partial charge in [-0.25, -0.2) is 0 Å². The van der Waals surface area contributed by atoms with E-state index in [-0.39, 0.29) is 5.43 Å². The second kappa shape index (κ2) is 9.26. The van der Waals surface area contributed by atoms with Gasteiger partial charge in [-0.3, -0.25) is 19.7 Å². The SMILES string of the molecule is O=c1c(CN(CCCc2cccnc2)Cc2ccncc2)coc2ccccc12. The number of aryl methyl sites for hydroxylation is 1. The summed E-state index contributed by atoms with van der Waals surface area (Å²) < 4.78 is 5.70. The van der Waals surface area contributed by atoms with Gasteiger partial charge in [0, 0.05) is 43.4 Å². The van der Waals surface area contributed by atoms with Crippen LogP contribution in [0.25, 0.3) is 11.0 Å². The van der Waals surface area contributed by atoms with Crippen LogP contribution in [0.1, 0.15) is 23.1 Å². The predicted octanol–water partition coefficient (Wildman–Crippen LogP) is 4.22. The molecule has 146 valence electrons. The molecule has 0 atom stereocenters. The number of pyridine rings is 2. The van der Waals surface area contributed by atoms with Gasteiger partial charge >= 0.3 is 0 Å². The maximum absolute atomic E-state index is 12.9. The van der Waals surface area contributed by atoms with E-state index in [1.165, 1.54) is 11.1 Å². The molecule has 0 spiro atoms. The Labute approximate surface area is 169 Å². The van der Waals surface area contributed by atoms with E-state index in [9.17, 15) is 4.79 Å². The summed E-state index contributed by atoms with van der Waals surface area (Å²) in [5.41, 5.74) is 3.74. The van der Waals surface area contributed by atoms with Crippen molar-refractivity contribution >= 4 is 11.0 Å². The zero-order valence-corrected chi connectivity index (χ0v) is 16.2. The zero-order valence-electron chi connectivity index (χ0n) is 16.2. The van der Waals surface area contributed by atoms with E-state index in [4.69, 9.17) is 4.42 Å². The number of hydrogen-bond donors (Lipinski definition) is 0. The van der Waals surface area contributed by atoms with E-state index in [0.29, 0.717) is 23.1 Å². The highest BCUT2D eigenvalue weighted by molar-refractivity contribution is 5.76. The van der Waals surface area contributed by atoms with Crippen LogP contribution in [-0.4, -0.2) is 21.4 Å². The summed E-state index contributed by atoms with van der Waals surface area (Å²) in [7, 11) is 0. The minimum atomic E-state index is 0.0406. The van der Waals surface area contributed by atoms with Gasteiger partial charge in [0.25, 0.3) is 0 Å². The lowest BCUT2D eigenvalue weighted by Crippen LogP contribution is -2.27. The normalized spacial score (nSPS) is 11.2. The lowest BCUT2D eigenvalue weighted by molar-refractivity contribution is 0.251. The minimum absolute atomic E-state index is 0.0406. The van der Waals surface area contributed by atoms with E-state index >= 15 is 0 Å². The van der Waals surface area contributed by atoms with Gasteiger partial charge in [0.05, 0.1) is 11.6 Å². The number of para-hydroxylation sites is 1. The highest BCUT2D eigenvalue weighted by atomic mass is 16.3. The van der Waals surface area contributed by atoms with Crippen LogP contribution in [0.4, 0.5) is 0 Å². The third-order valence-electron chi connectivity index (χ3n) is 4.96. The molecule has 29 heavy (non-hydrogen) atoms. The molecular weight excluding hydrogens is 362 g/mol. The largest absolute Gasteiger partial charge is 0.464 e. The van der Waals surface area contributed by atoms with Crippen LogP contribution >= 0.6 is 0 Å². The van der Waals surface area contributed by atoms with Gasteiger partial charge in [-0.15, -0.1) is 0 Å². The Kier molecular flexibility index (Phi) is 6.07. The Bertz CT molecular complexity index is 1110. The van der Waals surface area contributed by atoms with Crippen LogP contribution in [0, 0.1) is 0 Å². The van der Waals surface area contributed by atoms with Crippen molar-refractivity contribution in [2.75, 3.05) is 6.54 Å². The molecule has 3 heterocycles. The van der Waals surface area contributed by atoms with E-state index < -0.39 is 0 Å². The standard InChI is InChI=1S/C24H23N3O2/c28-24-21(18-29-23-8-2-1-7-22(23)24)17-27(16-20-9-12-25-13-10-20)14-4-6-19-5-3-11-26-15-19/h1-3,5,7-13,15,18H,4,6,14,16-17H2. The second-order valence-electron chi connectivity index (χ2n) is 7.12. The molecule has 0 unspecified atom stereocenters. The van der Waals surface area contributed by atoms with Crippen LogP contribution < -0.4 is 5.43 Å². The molecule has 5 nitrogen and oxygen atoms in total. The van der Waals surface area contributed by atoms with Crippen LogP contribution in [0.15, 0.2) is 88.8 Å². The molecule has 0 bridgehead atoms. The van der Waals surface area contributed by atoms with Gasteiger partial charge in [-0.1, -0.05) is 18.2 Å². The molecule has 0 N–H and O–H groups in total. The first-order valence-corrected chi connectivity index (χ1v) is 9.79. The summed E-state index contributed by atoms with van der Waals surface area (Å²) in [6, 6.07) is 15.5. The summed E-state index contributed by atoms with van der Waals surface area (Å²) in [5, 5.41) is 0.629. The van der Waals surface area contributed by atoms with Gasteiger partial charge in [-0.2, -0.15) is 0 Å². The first kappa shape index (κ1) is 19.0. The highest BCUT2D eigenvalue weighted by Gasteiger charge is 2.12. The van der Waals surface area contributed by atoms with Crippen molar-refractivity contribution in [3.8, 4) is 0 Å². The quantitative estimate of drug-likeness (QED) is 0.455. The molecular formula is C24H23N3O2. The molecule has 0 saturated heterocycles. The van der Waals surface area contributed by atoms with Crippen molar-refractivity contribution in [3.63, 3.8) is 0 Å². The highest BCUT2D eigenvalue weighted by Crippen LogP contribution is 2.14. The summed E-state index contributed by atoms with van der Waals surface area (Å²) in [5.74, 6) is 0. The molecule has 0 aliphatic rings. The number of aromatic nitrogens is 2. The van der Waals surface area contributed by atoms with E-state index in [1.807, 2.05) is 48.7 Å². The molecule has 4 aromatic rings. The van der Waals surface area contributed by atoms with Crippen molar-refractivity contribution in [1.82, 2.24) is 14.9 Å². The fourth-order valence-electron chi connectivity index (χ4n) is 3.48.